The minimum Gasteiger partial charge on any atom is -0.323 e. The van der Waals surface area contributed by atoms with Crippen molar-refractivity contribution >= 4 is 23.2 Å². The number of aromatic nitrogens is 2. The van der Waals surface area contributed by atoms with Crippen molar-refractivity contribution in [1.29, 1.82) is 0 Å². The second-order valence-corrected chi connectivity index (χ2v) is 5.74. The van der Waals surface area contributed by atoms with Gasteiger partial charge in [-0.3, -0.25) is 14.2 Å². The SMILES string of the molecule is CCCc1cc(=O)n(CC(=O)Nc2cc(C(F)(F)F)ccc2Cl)cn1. The molecule has 0 spiro atoms. The molecule has 9 heteroatoms. The Kier molecular flexibility index (Phi) is 5.84. The van der Waals surface area contributed by atoms with Crippen molar-refractivity contribution in [1.82, 2.24) is 9.55 Å². The quantitative estimate of drug-likeness (QED) is 0.872. The minimum atomic E-state index is -4.56. The summed E-state index contributed by atoms with van der Waals surface area (Å²) in [6.45, 7) is 1.56. The average molecular weight is 374 g/mol. The largest absolute Gasteiger partial charge is 0.416 e. The van der Waals surface area contributed by atoms with Crippen molar-refractivity contribution in [2.45, 2.75) is 32.5 Å². The van der Waals surface area contributed by atoms with Gasteiger partial charge in [0.2, 0.25) is 5.91 Å². The molecule has 0 fully saturated rings. The number of hydrogen-bond acceptors (Lipinski definition) is 3. The van der Waals surface area contributed by atoms with Crippen LogP contribution >= 0.6 is 11.6 Å². The van der Waals surface area contributed by atoms with E-state index in [0.29, 0.717) is 12.1 Å². The standard InChI is InChI=1S/C16H15ClF3N3O2/c1-2-3-11-7-15(25)23(9-21-11)8-14(24)22-13-6-10(16(18,19)20)4-5-12(13)17/h4-7,9H,2-3,8H2,1H3,(H,22,24). The number of benzene rings is 1. The number of amides is 1. The van der Waals surface area contributed by atoms with E-state index in [2.05, 4.69) is 10.3 Å². The molecule has 1 N–H and O–H groups in total. The molecule has 0 aliphatic rings. The first-order valence-electron chi connectivity index (χ1n) is 7.42. The van der Waals surface area contributed by atoms with Crippen molar-refractivity contribution in [3.8, 4) is 0 Å². The molecule has 0 atom stereocenters. The van der Waals surface area contributed by atoms with Gasteiger partial charge in [0.25, 0.3) is 5.56 Å². The first kappa shape index (κ1) is 19.0. The number of rotatable bonds is 5. The molecule has 1 amide bonds. The van der Waals surface area contributed by atoms with Gasteiger partial charge in [-0.15, -0.1) is 0 Å². The summed E-state index contributed by atoms with van der Waals surface area (Å²) >= 11 is 5.82. The van der Waals surface area contributed by atoms with Gasteiger partial charge in [-0.25, -0.2) is 4.98 Å². The molecule has 0 unspecified atom stereocenters. The van der Waals surface area contributed by atoms with Gasteiger partial charge in [0, 0.05) is 11.8 Å². The van der Waals surface area contributed by atoms with Gasteiger partial charge in [-0.1, -0.05) is 24.9 Å². The lowest BCUT2D eigenvalue weighted by atomic mass is 10.2. The van der Waals surface area contributed by atoms with Gasteiger partial charge in [0.1, 0.15) is 6.54 Å². The van der Waals surface area contributed by atoms with Crippen LogP contribution in [0.4, 0.5) is 18.9 Å². The molecule has 1 aromatic heterocycles. The van der Waals surface area contributed by atoms with E-state index in [1.54, 1.807) is 0 Å². The van der Waals surface area contributed by atoms with Crippen molar-refractivity contribution in [3.05, 3.63) is 57.2 Å². The van der Waals surface area contributed by atoms with E-state index in [9.17, 15) is 22.8 Å². The van der Waals surface area contributed by atoms with Crippen LogP contribution in [0, 0.1) is 0 Å². The highest BCUT2D eigenvalue weighted by molar-refractivity contribution is 6.33. The Balaban J connectivity index is 2.14. The van der Waals surface area contributed by atoms with Crippen molar-refractivity contribution in [2.24, 2.45) is 0 Å². The molecule has 0 saturated carbocycles. The number of halogens is 4. The lowest BCUT2D eigenvalue weighted by Crippen LogP contribution is -2.28. The van der Waals surface area contributed by atoms with Gasteiger partial charge >= 0.3 is 6.18 Å². The van der Waals surface area contributed by atoms with Gasteiger partial charge in [-0.2, -0.15) is 13.2 Å². The first-order chi connectivity index (χ1) is 11.7. The zero-order chi connectivity index (χ0) is 18.6. The number of alkyl halides is 3. The number of nitrogens with one attached hydrogen (secondary N) is 1. The molecular weight excluding hydrogens is 359 g/mol. The topological polar surface area (TPSA) is 64.0 Å². The highest BCUT2D eigenvalue weighted by Gasteiger charge is 2.31. The number of carbonyl (C=O) groups is 1. The molecule has 0 aliphatic carbocycles. The number of aryl methyl sites for hydroxylation is 1. The highest BCUT2D eigenvalue weighted by Crippen LogP contribution is 2.33. The zero-order valence-electron chi connectivity index (χ0n) is 13.2. The Morgan fingerprint density at radius 2 is 2.04 bits per heavy atom. The van der Waals surface area contributed by atoms with E-state index in [1.807, 2.05) is 6.92 Å². The Bertz CT molecular complexity index is 834. The molecule has 1 heterocycles. The maximum absolute atomic E-state index is 12.7. The molecule has 1 aromatic carbocycles. The normalized spacial score (nSPS) is 11.4. The van der Waals surface area contributed by atoms with Gasteiger partial charge in [0.05, 0.1) is 22.6 Å². The van der Waals surface area contributed by atoms with Gasteiger partial charge < -0.3 is 5.32 Å². The number of anilines is 1. The Hall–Kier alpha value is -2.35. The van der Waals surface area contributed by atoms with Crippen LogP contribution in [0.5, 0.6) is 0 Å². The van der Waals surface area contributed by atoms with Crippen LogP contribution in [-0.4, -0.2) is 15.5 Å². The third kappa shape index (κ3) is 5.06. The summed E-state index contributed by atoms with van der Waals surface area (Å²) in [6, 6.07) is 3.94. The third-order valence-corrected chi connectivity index (χ3v) is 3.65. The van der Waals surface area contributed by atoms with Crippen LogP contribution in [-0.2, 0) is 23.9 Å². The molecule has 0 saturated heterocycles. The molecular formula is C16H15ClF3N3O2. The Morgan fingerprint density at radius 3 is 2.64 bits per heavy atom. The highest BCUT2D eigenvalue weighted by atomic mass is 35.5. The fourth-order valence-electron chi connectivity index (χ4n) is 2.12. The van der Waals surface area contributed by atoms with Crippen LogP contribution in [0.1, 0.15) is 24.6 Å². The predicted molar refractivity (Wildman–Crippen MR) is 87.6 cm³/mol. The Labute approximate surface area is 146 Å². The van der Waals surface area contributed by atoms with Gasteiger partial charge in [0.15, 0.2) is 0 Å². The molecule has 2 rings (SSSR count). The Morgan fingerprint density at radius 1 is 1.32 bits per heavy atom. The van der Waals surface area contributed by atoms with Crippen molar-refractivity contribution < 1.29 is 18.0 Å². The molecule has 134 valence electrons. The van der Waals surface area contributed by atoms with E-state index < -0.39 is 23.2 Å². The van der Waals surface area contributed by atoms with Crippen LogP contribution in [0.3, 0.4) is 0 Å². The van der Waals surface area contributed by atoms with E-state index >= 15 is 0 Å². The number of carbonyl (C=O) groups excluding carboxylic acids is 1. The summed E-state index contributed by atoms with van der Waals surface area (Å²) in [7, 11) is 0. The summed E-state index contributed by atoms with van der Waals surface area (Å²) in [5.74, 6) is -0.687. The summed E-state index contributed by atoms with van der Waals surface area (Å²) in [4.78, 5) is 28.0. The fraction of sp³-hybridized carbons (Fsp3) is 0.312. The summed E-state index contributed by atoms with van der Waals surface area (Å²) < 4.78 is 39.2. The van der Waals surface area contributed by atoms with Crippen molar-refractivity contribution in [2.75, 3.05) is 5.32 Å². The maximum atomic E-state index is 12.7. The first-order valence-corrected chi connectivity index (χ1v) is 7.80. The fourth-order valence-corrected chi connectivity index (χ4v) is 2.28. The minimum absolute atomic E-state index is 0.0369. The van der Waals surface area contributed by atoms with Gasteiger partial charge in [-0.05, 0) is 24.6 Å². The lowest BCUT2D eigenvalue weighted by Gasteiger charge is -2.12. The summed E-state index contributed by atoms with van der Waals surface area (Å²) in [5.41, 5.74) is -0.908. The van der Waals surface area contributed by atoms with E-state index in [4.69, 9.17) is 11.6 Å². The van der Waals surface area contributed by atoms with E-state index in [-0.39, 0.29) is 17.3 Å². The van der Waals surface area contributed by atoms with Crippen LogP contribution in [0.25, 0.3) is 0 Å². The summed E-state index contributed by atoms with van der Waals surface area (Å²) in [6.07, 6.45) is -1.85. The van der Waals surface area contributed by atoms with Crippen LogP contribution in [0.2, 0.25) is 5.02 Å². The molecule has 0 radical (unpaired) electrons. The summed E-state index contributed by atoms with van der Waals surface area (Å²) in [5, 5.41) is 2.24. The molecule has 0 bridgehead atoms. The molecule has 0 aliphatic heterocycles. The number of nitrogens with zero attached hydrogens (tertiary/aromatic N) is 2. The van der Waals surface area contributed by atoms with E-state index in [1.165, 1.54) is 12.4 Å². The zero-order valence-corrected chi connectivity index (χ0v) is 14.0. The monoisotopic (exact) mass is 373 g/mol. The second kappa shape index (κ2) is 7.69. The van der Waals surface area contributed by atoms with Crippen LogP contribution in [0.15, 0.2) is 35.4 Å². The molecule has 2 aromatic rings. The third-order valence-electron chi connectivity index (χ3n) is 3.32. The van der Waals surface area contributed by atoms with Crippen molar-refractivity contribution in [3.63, 3.8) is 0 Å². The maximum Gasteiger partial charge on any atom is 0.416 e. The van der Waals surface area contributed by atoms with Crippen LogP contribution < -0.4 is 10.9 Å². The smallest absolute Gasteiger partial charge is 0.323 e. The average Bonchev–Trinajstić information content (AvgIpc) is 2.51. The number of hydrogen-bond donors (Lipinski definition) is 1. The van der Waals surface area contributed by atoms with E-state index in [0.717, 1.165) is 29.2 Å². The predicted octanol–water partition coefficient (Wildman–Crippen LogP) is 3.51. The lowest BCUT2D eigenvalue weighted by molar-refractivity contribution is -0.137. The molecule has 25 heavy (non-hydrogen) atoms. The molecule has 5 nitrogen and oxygen atoms in total. The second-order valence-electron chi connectivity index (χ2n) is 5.34.